The minimum Gasteiger partial charge on any atom is -0.368 e. The molecule has 2 rings (SSSR count). The monoisotopic (exact) mass is 283 g/mol. The summed E-state index contributed by atoms with van der Waals surface area (Å²) in [7, 11) is 0. The van der Waals surface area contributed by atoms with E-state index >= 15 is 0 Å². The van der Waals surface area contributed by atoms with E-state index in [1.54, 1.807) is 11.3 Å². The Balaban J connectivity index is 1.90. The number of rotatable bonds is 6. The maximum absolute atomic E-state index is 5.87. The standard InChI is InChI=1S/C14H25N3OS/c1-4-5-15-8-12-10-19-14(16-12)13-9-17(11(2)3)6-7-18-13/h10-11,13,15H,4-9H2,1-3H3. The fraction of sp³-hybridized carbons (Fsp3) is 0.786. The average Bonchev–Trinajstić information content (AvgIpc) is 2.88. The molecule has 1 aromatic rings. The predicted molar refractivity (Wildman–Crippen MR) is 79.5 cm³/mol. The number of hydrogen-bond donors (Lipinski definition) is 1. The van der Waals surface area contributed by atoms with Crippen molar-refractivity contribution in [1.29, 1.82) is 0 Å². The third kappa shape index (κ3) is 4.24. The van der Waals surface area contributed by atoms with Crippen molar-refractivity contribution in [3.63, 3.8) is 0 Å². The normalized spacial score (nSPS) is 21.2. The van der Waals surface area contributed by atoms with Gasteiger partial charge in [-0.1, -0.05) is 6.92 Å². The van der Waals surface area contributed by atoms with Gasteiger partial charge >= 0.3 is 0 Å². The van der Waals surface area contributed by atoms with Crippen LogP contribution in [0, 0.1) is 0 Å². The number of hydrogen-bond acceptors (Lipinski definition) is 5. The van der Waals surface area contributed by atoms with Gasteiger partial charge in [-0.15, -0.1) is 11.3 Å². The molecular formula is C14H25N3OS. The Labute approximate surface area is 120 Å². The first kappa shape index (κ1) is 14.9. The van der Waals surface area contributed by atoms with Crippen LogP contribution in [0.2, 0.25) is 0 Å². The van der Waals surface area contributed by atoms with Gasteiger partial charge < -0.3 is 10.1 Å². The van der Waals surface area contributed by atoms with Crippen molar-refractivity contribution in [2.45, 2.75) is 45.9 Å². The van der Waals surface area contributed by atoms with Crippen LogP contribution in [0.3, 0.4) is 0 Å². The van der Waals surface area contributed by atoms with E-state index in [0.717, 1.165) is 49.9 Å². The Morgan fingerprint density at radius 1 is 1.58 bits per heavy atom. The van der Waals surface area contributed by atoms with Crippen LogP contribution in [0.1, 0.15) is 44.0 Å². The predicted octanol–water partition coefficient (Wildman–Crippen LogP) is 2.42. The molecule has 4 nitrogen and oxygen atoms in total. The fourth-order valence-electron chi connectivity index (χ4n) is 2.23. The second-order valence-electron chi connectivity index (χ2n) is 5.30. The maximum Gasteiger partial charge on any atom is 0.123 e. The van der Waals surface area contributed by atoms with Gasteiger partial charge in [0.15, 0.2) is 0 Å². The molecule has 108 valence electrons. The summed E-state index contributed by atoms with van der Waals surface area (Å²) in [6.07, 6.45) is 1.31. The van der Waals surface area contributed by atoms with Crippen molar-refractivity contribution in [3.05, 3.63) is 16.1 Å². The Kier molecular flexibility index (Phi) is 5.76. The molecule has 1 aliphatic heterocycles. The highest BCUT2D eigenvalue weighted by atomic mass is 32.1. The molecule has 1 atom stereocenters. The molecule has 19 heavy (non-hydrogen) atoms. The molecule has 0 bridgehead atoms. The molecule has 0 aromatic carbocycles. The maximum atomic E-state index is 5.87. The van der Waals surface area contributed by atoms with Crippen molar-refractivity contribution in [3.8, 4) is 0 Å². The van der Waals surface area contributed by atoms with Crippen molar-refractivity contribution in [2.75, 3.05) is 26.2 Å². The highest BCUT2D eigenvalue weighted by Crippen LogP contribution is 2.26. The zero-order chi connectivity index (χ0) is 13.7. The Hall–Kier alpha value is -0.490. The van der Waals surface area contributed by atoms with Gasteiger partial charge in [0.05, 0.1) is 12.3 Å². The number of aromatic nitrogens is 1. The quantitative estimate of drug-likeness (QED) is 0.814. The number of ether oxygens (including phenoxy) is 1. The van der Waals surface area contributed by atoms with Gasteiger partial charge in [-0.25, -0.2) is 4.98 Å². The van der Waals surface area contributed by atoms with Crippen LogP contribution in [-0.4, -0.2) is 42.2 Å². The van der Waals surface area contributed by atoms with E-state index in [4.69, 9.17) is 9.72 Å². The van der Waals surface area contributed by atoms with E-state index in [1.165, 1.54) is 0 Å². The zero-order valence-corrected chi connectivity index (χ0v) is 13.0. The van der Waals surface area contributed by atoms with Crippen molar-refractivity contribution >= 4 is 11.3 Å². The molecule has 0 aliphatic carbocycles. The smallest absolute Gasteiger partial charge is 0.123 e. The Morgan fingerprint density at radius 2 is 2.42 bits per heavy atom. The van der Waals surface area contributed by atoms with E-state index in [1.807, 2.05) is 0 Å². The molecule has 0 radical (unpaired) electrons. The summed E-state index contributed by atoms with van der Waals surface area (Å²) in [6.45, 7) is 11.4. The molecule has 1 aromatic heterocycles. The highest BCUT2D eigenvalue weighted by Gasteiger charge is 2.25. The fourth-order valence-corrected chi connectivity index (χ4v) is 3.09. The van der Waals surface area contributed by atoms with Crippen LogP contribution in [0.15, 0.2) is 5.38 Å². The Morgan fingerprint density at radius 3 is 3.16 bits per heavy atom. The van der Waals surface area contributed by atoms with E-state index in [-0.39, 0.29) is 6.10 Å². The molecule has 0 amide bonds. The molecule has 1 aliphatic rings. The summed E-state index contributed by atoms with van der Waals surface area (Å²) in [6, 6.07) is 0.581. The zero-order valence-electron chi connectivity index (χ0n) is 12.2. The number of thiazole rings is 1. The van der Waals surface area contributed by atoms with E-state index in [2.05, 4.69) is 36.4 Å². The SMILES string of the molecule is CCCNCc1csc(C2CN(C(C)C)CCO2)n1. The summed E-state index contributed by atoms with van der Waals surface area (Å²) in [4.78, 5) is 7.17. The van der Waals surface area contributed by atoms with E-state index < -0.39 is 0 Å². The second-order valence-corrected chi connectivity index (χ2v) is 6.19. The number of nitrogens with one attached hydrogen (secondary N) is 1. The van der Waals surface area contributed by atoms with Gasteiger partial charge in [0.2, 0.25) is 0 Å². The first-order valence-electron chi connectivity index (χ1n) is 7.21. The van der Waals surface area contributed by atoms with Crippen LogP contribution in [-0.2, 0) is 11.3 Å². The van der Waals surface area contributed by atoms with Crippen LogP contribution >= 0.6 is 11.3 Å². The first-order valence-corrected chi connectivity index (χ1v) is 8.09. The van der Waals surface area contributed by atoms with Crippen LogP contribution < -0.4 is 5.32 Å². The van der Waals surface area contributed by atoms with Crippen molar-refractivity contribution in [2.24, 2.45) is 0 Å². The molecule has 0 saturated carbocycles. The molecule has 0 spiro atoms. The third-order valence-electron chi connectivity index (χ3n) is 3.41. The topological polar surface area (TPSA) is 37.4 Å². The van der Waals surface area contributed by atoms with Gasteiger partial charge in [-0.3, -0.25) is 4.90 Å². The minimum absolute atomic E-state index is 0.154. The largest absolute Gasteiger partial charge is 0.368 e. The lowest BCUT2D eigenvalue weighted by molar-refractivity contribution is -0.0403. The lowest BCUT2D eigenvalue weighted by Crippen LogP contribution is -2.42. The molecule has 2 heterocycles. The summed E-state index contributed by atoms with van der Waals surface area (Å²) < 4.78 is 5.87. The summed E-state index contributed by atoms with van der Waals surface area (Å²) in [5.41, 5.74) is 1.14. The van der Waals surface area contributed by atoms with Gasteiger partial charge in [0.1, 0.15) is 11.1 Å². The lowest BCUT2D eigenvalue weighted by atomic mass is 10.2. The van der Waals surface area contributed by atoms with Crippen LogP contribution in [0.5, 0.6) is 0 Å². The minimum atomic E-state index is 0.154. The van der Waals surface area contributed by atoms with Gasteiger partial charge in [0, 0.05) is 31.1 Å². The molecule has 1 unspecified atom stereocenters. The van der Waals surface area contributed by atoms with Crippen LogP contribution in [0.25, 0.3) is 0 Å². The summed E-state index contributed by atoms with van der Waals surface area (Å²) >= 11 is 1.73. The number of morpholine rings is 1. The molecule has 5 heteroatoms. The highest BCUT2D eigenvalue weighted by molar-refractivity contribution is 7.09. The summed E-state index contributed by atoms with van der Waals surface area (Å²) in [5.74, 6) is 0. The van der Waals surface area contributed by atoms with Gasteiger partial charge in [-0.05, 0) is 26.8 Å². The lowest BCUT2D eigenvalue weighted by Gasteiger charge is -2.34. The van der Waals surface area contributed by atoms with Gasteiger partial charge in [0.25, 0.3) is 0 Å². The van der Waals surface area contributed by atoms with E-state index in [0.29, 0.717) is 6.04 Å². The number of nitrogens with zero attached hydrogens (tertiary/aromatic N) is 2. The van der Waals surface area contributed by atoms with Crippen molar-refractivity contribution in [1.82, 2.24) is 15.2 Å². The van der Waals surface area contributed by atoms with Crippen molar-refractivity contribution < 1.29 is 4.74 Å². The first-order chi connectivity index (χ1) is 9.20. The molecule has 1 fully saturated rings. The van der Waals surface area contributed by atoms with Gasteiger partial charge in [-0.2, -0.15) is 0 Å². The Bertz CT molecular complexity index is 381. The molecular weight excluding hydrogens is 258 g/mol. The third-order valence-corrected chi connectivity index (χ3v) is 4.39. The van der Waals surface area contributed by atoms with E-state index in [9.17, 15) is 0 Å². The molecule has 1 N–H and O–H groups in total. The molecule has 1 saturated heterocycles. The van der Waals surface area contributed by atoms with Crippen LogP contribution in [0.4, 0.5) is 0 Å². The summed E-state index contributed by atoms with van der Waals surface area (Å²) in [5, 5.41) is 6.66. The second kappa shape index (κ2) is 7.33. The average molecular weight is 283 g/mol.